The highest BCUT2D eigenvalue weighted by molar-refractivity contribution is 7.89. The van der Waals surface area contributed by atoms with E-state index < -0.39 is 15.6 Å². The van der Waals surface area contributed by atoms with Crippen LogP contribution in [0, 0.1) is 0 Å². The van der Waals surface area contributed by atoms with Gasteiger partial charge in [-0.15, -0.1) is 11.6 Å². The van der Waals surface area contributed by atoms with Crippen LogP contribution in [0.15, 0.2) is 0 Å². The number of rotatable bonds is 5. The molecule has 1 fully saturated rings. The molecule has 5 nitrogen and oxygen atoms in total. The van der Waals surface area contributed by atoms with Crippen molar-refractivity contribution in [3.8, 4) is 0 Å². The summed E-state index contributed by atoms with van der Waals surface area (Å²) in [6, 6.07) is 0. The number of aliphatic hydroxyl groups is 1. The average Bonchev–Trinajstić information content (AvgIpc) is 2.18. The third kappa shape index (κ3) is 3.88. The fourth-order valence-corrected chi connectivity index (χ4v) is 3.38. The Bertz CT molecular complexity index is 287. The number of aliphatic hydroxyl groups excluding tert-OH is 1. The summed E-state index contributed by atoms with van der Waals surface area (Å²) >= 11 is 5.39. The van der Waals surface area contributed by atoms with Gasteiger partial charge in [0.15, 0.2) is 0 Å². The first kappa shape index (κ1) is 13.2. The number of ether oxygens (including phenoxy) is 1. The first-order valence-corrected chi connectivity index (χ1v) is 6.98. The van der Waals surface area contributed by atoms with E-state index in [9.17, 15) is 13.5 Å². The van der Waals surface area contributed by atoms with Crippen LogP contribution < -0.4 is 4.72 Å². The SMILES string of the molecule is O=S(=O)(CCCl)NC1(CO)CCOCC1. The van der Waals surface area contributed by atoms with Gasteiger partial charge in [-0.05, 0) is 12.8 Å². The largest absolute Gasteiger partial charge is 0.394 e. The van der Waals surface area contributed by atoms with Gasteiger partial charge >= 0.3 is 0 Å². The molecule has 0 atom stereocenters. The average molecular weight is 258 g/mol. The van der Waals surface area contributed by atoms with Gasteiger partial charge in [0.1, 0.15) is 0 Å². The second-order valence-corrected chi connectivity index (χ2v) is 5.88. The second kappa shape index (κ2) is 5.45. The number of halogens is 1. The Hall–Kier alpha value is 0.120. The number of nitrogens with one attached hydrogen (secondary N) is 1. The molecule has 0 saturated carbocycles. The van der Waals surface area contributed by atoms with Crippen LogP contribution in [-0.2, 0) is 14.8 Å². The van der Waals surface area contributed by atoms with Crippen molar-refractivity contribution in [1.82, 2.24) is 4.72 Å². The molecule has 15 heavy (non-hydrogen) atoms. The second-order valence-electron chi connectivity index (χ2n) is 3.66. The molecule has 0 unspecified atom stereocenters. The molecule has 1 saturated heterocycles. The molecular weight excluding hydrogens is 242 g/mol. The number of alkyl halides is 1. The normalized spacial score (nSPS) is 21.5. The summed E-state index contributed by atoms with van der Waals surface area (Å²) in [6.07, 6.45) is 0.982. The molecule has 90 valence electrons. The van der Waals surface area contributed by atoms with E-state index >= 15 is 0 Å². The highest BCUT2D eigenvalue weighted by atomic mass is 35.5. The molecular formula is C8H16ClNO4S. The first-order chi connectivity index (χ1) is 7.04. The Labute approximate surface area is 94.8 Å². The molecule has 0 aromatic rings. The van der Waals surface area contributed by atoms with E-state index in [2.05, 4.69) is 4.72 Å². The molecule has 0 aromatic heterocycles. The van der Waals surface area contributed by atoms with Crippen LogP contribution >= 0.6 is 11.6 Å². The van der Waals surface area contributed by atoms with Crippen LogP contribution in [0.4, 0.5) is 0 Å². The number of hydrogen-bond donors (Lipinski definition) is 2. The summed E-state index contributed by atoms with van der Waals surface area (Å²) in [6.45, 7) is 0.714. The van der Waals surface area contributed by atoms with Gasteiger partial charge in [0.2, 0.25) is 10.0 Å². The maximum absolute atomic E-state index is 11.5. The molecule has 0 radical (unpaired) electrons. The fourth-order valence-electron chi connectivity index (χ4n) is 1.54. The lowest BCUT2D eigenvalue weighted by Gasteiger charge is -2.35. The van der Waals surface area contributed by atoms with E-state index in [0.717, 1.165) is 0 Å². The monoisotopic (exact) mass is 257 g/mol. The van der Waals surface area contributed by atoms with E-state index in [-0.39, 0.29) is 18.2 Å². The van der Waals surface area contributed by atoms with E-state index in [1.54, 1.807) is 0 Å². The minimum absolute atomic E-state index is 0.0490. The fraction of sp³-hybridized carbons (Fsp3) is 1.00. The summed E-state index contributed by atoms with van der Waals surface area (Å²) in [5.74, 6) is -0.0789. The molecule has 0 aromatic carbocycles. The molecule has 1 heterocycles. The predicted molar refractivity (Wildman–Crippen MR) is 57.5 cm³/mol. The quantitative estimate of drug-likeness (QED) is 0.663. The third-order valence-corrected chi connectivity index (χ3v) is 4.37. The van der Waals surface area contributed by atoms with Crippen LogP contribution in [0.1, 0.15) is 12.8 Å². The first-order valence-electron chi connectivity index (χ1n) is 4.80. The molecule has 1 aliphatic rings. The molecule has 7 heteroatoms. The van der Waals surface area contributed by atoms with E-state index in [1.165, 1.54) is 0 Å². The summed E-state index contributed by atoms with van der Waals surface area (Å²) in [7, 11) is -3.40. The molecule has 0 bridgehead atoms. The lowest BCUT2D eigenvalue weighted by Crippen LogP contribution is -2.55. The van der Waals surface area contributed by atoms with Gasteiger partial charge in [-0.25, -0.2) is 13.1 Å². The van der Waals surface area contributed by atoms with Crippen molar-refractivity contribution < 1.29 is 18.3 Å². The van der Waals surface area contributed by atoms with Crippen molar-refractivity contribution in [3.63, 3.8) is 0 Å². The van der Waals surface area contributed by atoms with Crippen molar-refractivity contribution >= 4 is 21.6 Å². The lowest BCUT2D eigenvalue weighted by atomic mass is 9.93. The van der Waals surface area contributed by atoms with Crippen molar-refractivity contribution in [2.24, 2.45) is 0 Å². The van der Waals surface area contributed by atoms with Crippen LogP contribution in [0.25, 0.3) is 0 Å². The highest BCUT2D eigenvalue weighted by Crippen LogP contribution is 2.21. The molecule has 2 N–H and O–H groups in total. The predicted octanol–water partition coefficient (Wildman–Crippen LogP) is -0.314. The number of sulfonamides is 1. The maximum Gasteiger partial charge on any atom is 0.213 e. The van der Waals surface area contributed by atoms with Crippen LogP contribution in [-0.4, -0.2) is 50.5 Å². The molecule has 0 amide bonds. The van der Waals surface area contributed by atoms with Crippen molar-refractivity contribution in [2.45, 2.75) is 18.4 Å². The van der Waals surface area contributed by atoms with Gasteiger partial charge in [0, 0.05) is 19.1 Å². The third-order valence-electron chi connectivity index (χ3n) is 2.47. The van der Waals surface area contributed by atoms with Crippen molar-refractivity contribution in [3.05, 3.63) is 0 Å². The molecule has 0 spiro atoms. The van der Waals surface area contributed by atoms with Crippen molar-refractivity contribution in [1.29, 1.82) is 0 Å². The van der Waals surface area contributed by atoms with Gasteiger partial charge in [0.25, 0.3) is 0 Å². The molecule has 1 aliphatic heterocycles. The topological polar surface area (TPSA) is 75.6 Å². The van der Waals surface area contributed by atoms with Gasteiger partial charge < -0.3 is 9.84 Å². The summed E-state index contributed by atoms with van der Waals surface area (Å²) < 4.78 is 30.7. The standard InChI is InChI=1S/C8H16ClNO4S/c9-3-6-15(12,13)10-8(7-11)1-4-14-5-2-8/h10-11H,1-7H2. The van der Waals surface area contributed by atoms with E-state index in [4.69, 9.17) is 16.3 Å². The van der Waals surface area contributed by atoms with Crippen LogP contribution in [0.2, 0.25) is 0 Å². The maximum atomic E-state index is 11.5. The van der Waals surface area contributed by atoms with Gasteiger partial charge in [-0.1, -0.05) is 0 Å². The zero-order chi connectivity index (χ0) is 11.4. The van der Waals surface area contributed by atoms with E-state index in [1.807, 2.05) is 0 Å². The Morgan fingerprint density at radius 3 is 2.47 bits per heavy atom. The zero-order valence-corrected chi connectivity index (χ0v) is 9.98. The van der Waals surface area contributed by atoms with Gasteiger partial charge in [-0.3, -0.25) is 0 Å². The lowest BCUT2D eigenvalue weighted by molar-refractivity contribution is 0.0223. The minimum Gasteiger partial charge on any atom is -0.394 e. The Morgan fingerprint density at radius 1 is 1.40 bits per heavy atom. The number of hydrogen-bond acceptors (Lipinski definition) is 4. The van der Waals surface area contributed by atoms with Gasteiger partial charge in [-0.2, -0.15) is 0 Å². The Kier molecular flexibility index (Phi) is 4.79. The minimum atomic E-state index is -3.40. The Balaban J connectivity index is 2.66. The summed E-state index contributed by atoms with van der Waals surface area (Å²) in [5.41, 5.74) is -0.761. The molecule has 0 aliphatic carbocycles. The molecule has 1 rings (SSSR count). The van der Waals surface area contributed by atoms with Crippen molar-refractivity contribution in [2.75, 3.05) is 31.5 Å². The summed E-state index contributed by atoms with van der Waals surface area (Å²) in [5, 5.41) is 9.26. The van der Waals surface area contributed by atoms with Gasteiger partial charge in [0.05, 0.1) is 17.9 Å². The Morgan fingerprint density at radius 2 is 2.00 bits per heavy atom. The van der Waals surface area contributed by atoms with Crippen LogP contribution in [0.5, 0.6) is 0 Å². The zero-order valence-electron chi connectivity index (χ0n) is 8.41. The summed E-state index contributed by atoms with van der Waals surface area (Å²) in [4.78, 5) is 0. The van der Waals surface area contributed by atoms with E-state index in [0.29, 0.717) is 26.1 Å². The smallest absolute Gasteiger partial charge is 0.213 e. The van der Waals surface area contributed by atoms with Crippen LogP contribution in [0.3, 0.4) is 0 Å². The highest BCUT2D eigenvalue weighted by Gasteiger charge is 2.35.